The molecule has 1 aromatic heterocycles. The van der Waals surface area contributed by atoms with Gasteiger partial charge in [-0.05, 0) is 38.6 Å². The second-order valence-electron chi connectivity index (χ2n) is 4.32. The molecule has 0 saturated heterocycles. The zero-order chi connectivity index (χ0) is 13.1. The van der Waals surface area contributed by atoms with Gasteiger partial charge in [-0.1, -0.05) is 6.07 Å². The van der Waals surface area contributed by atoms with E-state index in [0.717, 1.165) is 23.4 Å². The Hall–Kier alpha value is -1.68. The largest absolute Gasteiger partial charge is 0.316 e. The molecule has 1 N–H and O–H groups in total. The van der Waals surface area contributed by atoms with Crippen molar-refractivity contribution in [1.29, 1.82) is 0 Å². The molecule has 0 spiro atoms. The number of nitrogens with one attached hydrogen (secondary N) is 1. The van der Waals surface area contributed by atoms with Crippen molar-refractivity contribution in [3.05, 3.63) is 41.5 Å². The van der Waals surface area contributed by atoms with Crippen LogP contribution in [0, 0.1) is 12.7 Å². The number of halogens is 1. The number of aryl methyl sites for hydroxylation is 2. The minimum absolute atomic E-state index is 0.173. The summed E-state index contributed by atoms with van der Waals surface area (Å²) in [6, 6.07) is 5.21. The first kappa shape index (κ1) is 12.8. The lowest BCUT2D eigenvalue weighted by molar-refractivity contribution is 0.601. The molecule has 0 fully saturated rings. The third kappa shape index (κ3) is 2.43. The van der Waals surface area contributed by atoms with E-state index in [0.29, 0.717) is 12.1 Å². The zero-order valence-corrected chi connectivity index (χ0v) is 11.0. The minimum Gasteiger partial charge on any atom is -0.316 e. The van der Waals surface area contributed by atoms with Crippen LogP contribution in [0.4, 0.5) is 4.39 Å². The molecule has 4 heteroatoms. The van der Waals surface area contributed by atoms with Gasteiger partial charge in [0.25, 0.3) is 0 Å². The van der Waals surface area contributed by atoms with Crippen molar-refractivity contribution >= 4 is 0 Å². The number of benzene rings is 1. The standard InChI is InChI=1S/C14H18FN3/c1-4-18-9-13(10(2)17-18)11-5-6-14(15)12(7-11)8-16-3/h5-7,9,16H,4,8H2,1-3H3. The van der Waals surface area contributed by atoms with Crippen LogP contribution in [0.25, 0.3) is 11.1 Å². The van der Waals surface area contributed by atoms with E-state index >= 15 is 0 Å². The first-order valence-electron chi connectivity index (χ1n) is 6.13. The van der Waals surface area contributed by atoms with Gasteiger partial charge in [0, 0.05) is 30.4 Å². The SMILES string of the molecule is CCn1cc(-c2ccc(F)c(CNC)c2)c(C)n1. The van der Waals surface area contributed by atoms with Gasteiger partial charge in [-0.2, -0.15) is 5.10 Å². The van der Waals surface area contributed by atoms with Gasteiger partial charge in [-0.3, -0.25) is 4.68 Å². The summed E-state index contributed by atoms with van der Waals surface area (Å²) >= 11 is 0. The Balaban J connectivity index is 2.43. The molecule has 2 rings (SSSR count). The molecule has 0 amide bonds. The highest BCUT2D eigenvalue weighted by Crippen LogP contribution is 2.24. The average molecular weight is 247 g/mol. The van der Waals surface area contributed by atoms with Crippen LogP contribution in [0.1, 0.15) is 18.2 Å². The van der Waals surface area contributed by atoms with Crippen LogP contribution in [0.5, 0.6) is 0 Å². The normalized spacial score (nSPS) is 10.9. The van der Waals surface area contributed by atoms with Crippen molar-refractivity contribution in [2.75, 3.05) is 7.05 Å². The number of nitrogens with zero attached hydrogens (tertiary/aromatic N) is 2. The Bertz CT molecular complexity index is 546. The van der Waals surface area contributed by atoms with Crippen LogP contribution in [0.15, 0.2) is 24.4 Å². The van der Waals surface area contributed by atoms with E-state index in [-0.39, 0.29) is 5.82 Å². The fourth-order valence-corrected chi connectivity index (χ4v) is 2.03. The lowest BCUT2D eigenvalue weighted by atomic mass is 10.0. The molecule has 0 radical (unpaired) electrons. The van der Waals surface area contributed by atoms with E-state index in [1.54, 1.807) is 6.07 Å². The van der Waals surface area contributed by atoms with Crippen molar-refractivity contribution in [2.45, 2.75) is 26.9 Å². The Kier molecular flexibility index (Phi) is 3.77. The summed E-state index contributed by atoms with van der Waals surface area (Å²) in [4.78, 5) is 0. The Morgan fingerprint density at radius 3 is 2.78 bits per heavy atom. The molecular formula is C14H18FN3. The molecule has 0 unspecified atom stereocenters. The molecule has 1 heterocycles. The van der Waals surface area contributed by atoms with Crippen LogP contribution in [-0.2, 0) is 13.1 Å². The third-order valence-electron chi connectivity index (χ3n) is 2.99. The zero-order valence-electron chi connectivity index (χ0n) is 11.0. The van der Waals surface area contributed by atoms with Crippen molar-refractivity contribution in [1.82, 2.24) is 15.1 Å². The van der Waals surface area contributed by atoms with Gasteiger partial charge in [0.1, 0.15) is 5.82 Å². The van der Waals surface area contributed by atoms with Crippen molar-refractivity contribution in [2.24, 2.45) is 0 Å². The van der Waals surface area contributed by atoms with E-state index in [2.05, 4.69) is 10.4 Å². The van der Waals surface area contributed by atoms with E-state index in [4.69, 9.17) is 0 Å². The monoisotopic (exact) mass is 247 g/mol. The quantitative estimate of drug-likeness (QED) is 0.900. The van der Waals surface area contributed by atoms with Crippen molar-refractivity contribution in [3.63, 3.8) is 0 Å². The topological polar surface area (TPSA) is 29.9 Å². The molecule has 18 heavy (non-hydrogen) atoms. The molecule has 0 aliphatic heterocycles. The smallest absolute Gasteiger partial charge is 0.127 e. The maximum atomic E-state index is 13.6. The molecule has 1 aromatic carbocycles. The number of rotatable bonds is 4. The van der Waals surface area contributed by atoms with Crippen molar-refractivity contribution < 1.29 is 4.39 Å². The molecule has 0 aliphatic carbocycles. The third-order valence-corrected chi connectivity index (χ3v) is 2.99. The van der Waals surface area contributed by atoms with Crippen LogP contribution in [0.3, 0.4) is 0 Å². The first-order chi connectivity index (χ1) is 8.65. The van der Waals surface area contributed by atoms with Crippen molar-refractivity contribution in [3.8, 4) is 11.1 Å². The maximum absolute atomic E-state index is 13.6. The van der Waals surface area contributed by atoms with Gasteiger partial charge in [-0.15, -0.1) is 0 Å². The Morgan fingerprint density at radius 2 is 2.17 bits per heavy atom. The fourth-order valence-electron chi connectivity index (χ4n) is 2.03. The summed E-state index contributed by atoms with van der Waals surface area (Å²) in [5.74, 6) is -0.173. The summed E-state index contributed by atoms with van der Waals surface area (Å²) in [6.45, 7) is 5.39. The predicted molar refractivity (Wildman–Crippen MR) is 70.8 cm³/mol. The number of hydrogen-bond acceptors (Lipinski definition) is 2. The number of hydrogen-bond donors (Lipinski definition) is 1. The van der Waals surface area contributed by atoms with E-state index in [1.165, 1.54) is 6.07 Å². The molecule has 0 atom stereocenters. The summed E-state index contributed by atoms with van der Waals surface area (Å²) in [5.41, 5.74) is 3.73. The van der Waals surface area contributed by atoms with Crippen LogP contribution in [-0.4, -0.2) is 16.8 Å². The number of aromatic nitrogens is 2. The Morgan fingerprint density at radius 1 is 1.39 bits per heavy atom. The summed E-state index contributed by atoms with van der Waals surface area (Å²) in [5, 5.41) is 7.38. The fraction of sp³-hybridized carbons (Fsp3) is 0.357. The minimum atomic E-state index is -0.173. The van der Waals surface area contributed by atoms with Gasteiger partial charge in [-0.25, -0.2) is 4.39 Å². The lowest BCUT2D eigenvalue weighted by Crippen LogP contribution is -2.07. The summed E-state index contributed by atoms with van der Waals surface area (Å²) < 4.78 is 15.5. The molecule has 96 valence electrons. The van der Waals surface area contributed by atoms with Crippen LogP contribution < -0.4 is 5.32 Å². The summed E-state index contributed by atoms with van der Waals surface area (Å²) in [7, 11) is 1.81. The van der Waals surface area contributed by atoms with E-state index < -0.39 is 0 Å². The average Bonchev–Trinajstić information content (AvgIpc) is 2.74. The van der Waals surface area contributed by atoms with Gasteiger partial charge in [0.05, 0.1) is 5.69 Å². The van der Waals surface area contributed by atoms with Gasteiger partial charge in [0.15, 0.2) is 0 Å². The highest BCUT2D eigenvalue weighted by Gasteiger charge is 2.09. The molecule has 2 aromatic rings. The first-order valence-corrected chi connectivity index (χ1v) is 6.13. The second kappa shape index (κ2) is 5.31. The summed E-state index contributed by atoms with van der Waals surface area (Å²) in [6.07, 6.45) is 2.01. The predicted octanol–water partition coefficient (Wildman–Crippen LogP) is 2.74. The molecular weight excluding hydrogens is 229 g/mol. The van der Waals surface area contributed by atoms with E-state index in [1.807, 2.05) is 37.8 Å². The molecule has 0 saturated carbocycles. The molecule has 3 nitrogen and oxygen atoms in total. The van der Waals surface area contributed by atoms with Crippen LogP contribution >= 0.6 is 0 Å². The van der Waals surface area contributed by atoms with E-state index in [9.17, 15) is 4.39 Å². The van der Waals surface area contributed by atoms with Gasteiger partial charge >= 0.3 is 0 Å². The second-order valence-corrected chi connectivity index (χ2v) is 4.32. The van der Waals surface area contributed by atoms with Gasteiger partial charge < -0.3 is 5.32 Å². The molecule has 0 aliphatic rings. The lowest BCUT2D eigenvalue weighted by Gasteiger charge is -2.05. The van der Waals surface area contributed by atoms with Crippen LogP contribution in [0.2, 0.25) is 0 Å². The highest BCUT2D eigenvalue weighted by molar-refractivity contribution is 5.65. The maximum Gasteiger partial charge on any atom is 0.127 e. The Labute approximate surface area is 107 Å². The highest BCUT2D eigenvalue weighted by atomic mass is 19.1. The van der Waals surface area contributed by atoms with Gasteiger partial charge in [0.2, 0.25) is 0 Å². The molecule has 0 bridgehead atoms.